The normalized spacial score (nSPS) is 19.2. The fourth-order valence-corrected chi connectivity index (χ4v) is 1.74. The van der Waals surface area contributed by atoms with Crippen molar-refractivity contribution < 1.29 is 0 Å². The van der Waals surface area contributed by atoms with Gasteiger partial charge in [-0.15, -0.1) is 6.58 Å². The molecule has 0 aromatic carbocycles. The highest BCUT2D eigenvalue weighted by Crippen LogP contribution is 2.25. The second kappa shape index (κ2) is 3.66. The molecule has 0 saturated carbocycles. The number of aromatic nitrogens is 1. The Balaban J connectivity index is 2.34. The summed E-state index contributed by atoms with van der Waals surface area (Å²) in [5, 5.41) is 0. The topological polar surface area (TPSA) is 16.1 Å². The van der Waals surface area contributed by atoms with Crippen LogP contribution in [0.4, 0.5) is 5.82 Å². The van der Waals surface area contributed by atoms with E-state index in [1.807, 2.05) is 18.3 Å². The maximum absolute atomic E-state index is 4.37. The van der Waals surface area contributed by atoms with E-state index in [0.717, 1.165) is 12.2 Å². The van der Waals surface area contributed by atoms with Crippen LogP contribution >= 0.6 is 0 Å². The zero-order valence-electron chi connectivity index (χ0n) is 8.35. The van der Waals surface area contributed by atoms with Gasteiger partial charge in [0.2, 0.25) is 0 Å². The Bertz CT molecular complexity index is 368. The first-order valence-electron chi connectivity index (χ1n) is 4.80. The fourth-order valence-electron chi connectivity index (χ4n) is 1.74. The van der Waals surface area contributed by atoms with Crippen molar-refractivity contribution in [3.05, 3.63) is 42.6 Å². The smallest absolute Gasteiger partial charge is 0.136 e. The van der Waals surface area contributed by atoms with Gasteiger partial charge in [-0.05, 0) is 18.6 Å². The van der Waals surface area contributed by atoms with Crippen LogP contribution in [0.5, 0.6) is 0 Å². The van der Waals surface area contributed by atoms with Crippen molar-refractivity contribution in [2.75, 3.05) is 11.9 Å². The molecule has 2 heterocycles. The highest BCUT2D eigenvalue weighted by Gasteiger charge is 2.18. The maximum Gasteiger partial charge on any atom is 0.136 e. The first kappa shape index (κ1) is 9.00. The van der Waals surface area contributed by atoms with Gasteiger partial charge in [0, 0.05) is 18.8 Å². The van der Waals surface area contributed by atoms with E-state index in [4.69, 9.17) is 0 Å². The summed E-state index contributed by atoms with van der Waals surface area (Å²) in [6.45, 7) is 3.76. The molecule has 0 aliphatic carbocycles. The fraction of sp³-hybridized carbons (Fsp3) is 0.250. The molecule has 1 aromatic rings. The van der Waals surface area contributed by atoms with Gasteiger partial charge >= 0.3 is 0 Å². The molecule has 1 aliphatic heterocycles. The van der Waals surface area contributed by atoms with Gasteiger partial charge in [0.15, 0.2) is 0 Å². The Kier molecular flexibility index (Phi) is 2.35. The van der Waals surface area contributed by atoms with Crippen molar-refractivity contribution in [3.63, 3.8) is 0 Å². The second-order valence-electron chi connectivity index (χ2n) is 3.48. The molecule has 1 atom stereocenters. The SMILES string of the molecule is C=CCC1C=Cc2cccnc2N1C. The maximum atomic E-state index is 4.37. The molecule has 0 fully saturated rings. The number of anilines is 1. The summed E-state index contributed by atoms with van der Waals surface area (Å²) in [6, 6.07) is 4.44. The van der Waals surface area contributed by atoms with Crippen molar-refractivity contribution in [2.24, 2.45) is 0 Å². The van der Waals surface area contributed by atoms with E-state index in [2.05, 4.69) is 41.7 Å². The van der Waals surface area contributed by atoms with Gasteiger partial charge in [0.05, 0.1) is 6.04 Å². The van der Waals surface area contributed by atoms with Crippen LogP contribution in [-0.4, -0.2) is 18.1 Å². The highest BCUT2D eigenvalue weighted by atomic mass is 15.2. The third-order valence-corrected chi connectivity index (χ3v) is 2.55. The number of likely N-dealkylation sites (N-methyl/N-ethyl adjacent to an activating group) is 1. The van der Waals surface area contributed by atoms with Crippen molar-refractivity contribution in [1.82, 2.24) is 4.98 Å². The molecule has 0 radical (unpaired) electrons. The van der Waals surface area contributed by atoms with E-state index in [0.29, 0.717) is 6.04 Å². The first-order valence-corrected chi connectivity index (χ1v) is 4.80. The van der Waals surface area contributed by atoms with Gasteiger partial charge in [0.1, 0.15) is 5.82 Å². The Labute approximate surface area is 84.6 Å². The number of hydrogen-bond donors (Lipinski definition) is 0. The summed E-state index contributed by atoms with van der Waals surface area (Å²) in [5.41, 5.74) is 1.19. The Morgan fingerprint density at radius 3 is 3.29 bits per heavy atom. The predicted molar refractivity (Wildman–Crippen MR) is 60.3 cm³/mol. The minimum absolute atomic E-state index is 0.398. The lowest BCUT2D eigenvalue weighted by molar-refractivity contribution is 0.744. The van der Waals surface area contributed by atoms with Gasteiger partial charge in [0.25, 0.3) is 0 Å². The van der Waals surface area contributed by atoms with E-state index in [1.165, 1.54) is 5.56 Å². The van der Waals surface area contributed by atoms with Gasteiger partial charge < -0.3 is 4.90 Å². The Hall–Kier alpha value is -1.57. The zero-order valence-corrected chi connectivity index (χ0v) is 8.35. The molecule has 2 nitrogen and oxygen atoms in total. The molecule has 2 rings (SSSR count). The minimum Gasteiger partial charge on any atom is -0.352 e. The molecule has 2 heteroatoms. The standard InChI is InChI=1S/C12H14N2/c1-3-5-11-8-7-10-6-4-9-13-12(10)14(11)2/h3-4,6-9,11H,1,5H2,2H3. The zero-order chi connectivity index (χ0) is 9.97. The lowest BCUT2D eigenvalue weighted by Gasteiger charge is -2.30. The average Bonchev–Trinajstić information content (AvgIpc) is 2.23. The quantitative estimate of drug-likeness (QED) is 0.660. The molecule has 72 valence electrons. The van der Waals surface area contributed by atoms with Gasteiger partial charge in [-0.3, -0.25) is 0 Å². The summed E-state index contributed by atoms with van der Waals surface area (Å²) >= 11 is 0. The molecule has 1 aromatic heterocycles. The van der Waals surface area contributed by atoms with Crippen LogP contribution in [0.1, 0.15) is 12.0 Å². The molecule has 1 aliphatic rings. The summed E-state index contributed by atoms with van der Waals surface area (Å²) in [5.74, 6) is 1.06. The van der Waals surface area contributed by atoms with Crippen LogP contribution in [0.25, 0.3) is 6.08 Å². The van der Waals surface area contributed by atoms with E-state index < -0.39 is 0 Å². The lowest BCUT2D eigenvalue weighted by Crippen LogP contribution is -2.32. The number of hydrogen-bond acceptors (Lipinski definition) is 2. The third kappa shape index (κ3) is 1.43. The van der Waals surface area contributed by atoms with E-state index in [1.54, 1.807) is 0 Å². The van der Waals surface area contributed by atoms with Crippen LogP contribution in [0.3, 0.4) is 0 Å². The van der Waals surface area contributed by atoms with E-state index in [9.17, 15) is 0 Å². The molecule has 0 spiro atoms. The molecule has 1 unspecified atom stereocenters. The highest BCUT2D eigenvalue weighted by molar-refractivity contribution is 5.68. The average molecular weight is 186 g/mol. The molecule has 14 heavy (non-hydrogen) atoms. The van der Waals surface area contributed by atoms with Gasteiger partial charge in [-0.2, -0.15) is 0 Å². The molecule has 0 saturated heterocycles. The van der Waals surface area contributed by atoms with Crippen LogP contribution in [-0.2, 0) is 0 Å². The Morgan fingerprint density at radius 2 is 2.50 bits per heavy atom. The first-order chi connectivity index (χ1) is 6.83. The summed E-state index contributed by atoms with van der Waals surface area (Å²) in [4.78, 5) is 6.56. The third-order valence-electron chi connectivity index (χ3n) is 2.55. The predicted octanol–water partition coefficient (Wildman–Crippen LogP) is 2.49. The number of pyridine rings is 1. The molecule has 0 amide bonds. The van der Waals surface area contributed by atoms with Crippen molar-refractivity contribution in [3.8, 4) is 0 Å². The van der Waals surface area contributed by atoms with Crippen molar-refractivity contribution in [1.29, 1.82) is 0 Å². The molecular formula is C12H14N2. The van der Waals surface area contributed by atoms with E-state index >= 15 is 0 Å². The molecular weight excluding hydrogens is 172 g/mol. The summed E-state index contributed by atoms with van der Waals surface area (Å²) in [6.07, 6.45) is 9.07. The van der Waals surface area contributed by atoms with Gasteiger partial charge in [-0.25, -0.2) is 4.98 Å². The Morgan fingerprint density at radius 1 is 1.64 bits per heavy atom. The molecule has 0 bridgehead atoms. The van der Waals surface area contributed by atoms with Crippen LogP contribution < -0.4 is 4.90 Å². The van der Waals surface area contributed by atoms with Crippen molar-refractivity contribution >= 4 is 11.9 Å². The van der Waals surface area contributed by atoms with Crippen LogP contribution in [0.2, 0.25) is 0 Å². The summed E-state index contributed by atoms with van der Waals surface area (Å²) in [7, 11) is 2.07. The van der Waals surface area contributed by atoms with Crippen molar-refractivity contribution in [2.45, 2.75) is 12.5 Å². The van der Waals surface area contributed by atoms with Crippen LogP contribution in [0, 0.1) is 0 Å². The number of rotatable bonds is 2. The lowest BCUT2D eigenvalue weighted by atomic mass is 10.1. The number of nitrogens with zero attached hydrogens (tertiary/aromatic N) is 2. The number of fused-ring (bicyclic) bond motifs is 1. The summed E-state index contributed by atoms with van der Waals surface area (Å²) < 4.78 is 0. The minimum atomic E-state index is 0.398. The van der Waals surface area contributed by atoms with Crippen LogP contribution in [0.15, 0.2) is 37.1 Å². The van der Waals surface area contributed by atoms with Gasteiger partial charge in [-0.1, -0.05) is 18.2 Å². The largest absolute Gasteiger partial charge is 0.352 e. The second-order valence-corrected chi connectivity index (χ2v) is 3.48. The monoisotopic (exact) mass is 186 g/mol. The molecule has 0 N–H and O–H groups in total. The van der Waals surface area contributed by atoms with E-state index in [-0.39, 0.29) is 0 Å².